The molecule has 2 aliphatic rings. The second-order valence-electron chi connectivity index (χ2n) is 8.00. The first-order valence-corrected chi connectivity index (χ1v) is 10.3. The highest BCUT2D eigenvalue weighted by Gasteiger charge is 2.31. The van der Waals surface area contributed by atoms with E-state index in [9.17, 15) is 4.79 Å². The molecule has 0 amide bonds. The van der Waals surface area contributed by atoms with E-state index in [0.29, 0.717) is 12.7 Å². The van der Waals surface area contributed by atoms with Crippen LogP contribution in [0.2, 0.25) is 0 Å². The van der Waals surface area contributed by atoms with E-state index in [4.69, 9.17) is 9.72 Å². The zero-order valence-electron chi connectivity index (χ0n) is 17.1. The van der Waals surface area contributed by atoms with Crippen LogP contribution in [0.3, 0.4) is 0 Å². The Morgan fingerprint density at radius 1 is 1.00 bits per heavy atom. The maximum absolute atomic E-state index is 13.1. The molecule has 1 aliphatic heterocycles. The van der Waals surface area contributed by atoms with Gasteiger partial charge in [-0.3, -0.25) is 19.2 Å². The number of ether oxygens (including phenoxy) is 1. The number of methoxy groups -OCH3 is 1. The highest BCUT2D eigenvalue weighted by Crippen LogP contribution is 2.32. The van der Waals surface area contributed by atoms with Gasteiger partial charge in [-0.15, -0.1) is 0 Å². The van der Waals surface area contributed by atoms with E-state index in [1.807, 2.05) is 42.7 Å². The van der Waals surface area contributed by atoms with Crippen LogP contribution in [0.25, 0.3) is 0 Å². The molecule has 0 radical (unpaired) electrons. The summed E-state index contributed by atoms with van der Waals surface area (Å²) in [5.74, 6) is 1.56. The van der Waals surface area contributed by atoms with Crippen LogP contribution in [0.4, 0.5) is 11.6 Å². The van der Waals surface area contributed by atoms with Crippen LogP contribution in [0.1, 0.15) is 49.8 Å². The molecule has 0 N–H and O–H groups in total. The molecule has 1 fully saturated rings. The monoisotopic (exact) mass is 382 g/mol. The molecule has 150 valence electrons. The minimum absolute atomic E-state index is 0.0688. The standard InChI is InChI=1S/C22H30N4O2/c1-16-17(2)23-22-25(19-10-12-20(28-3)13-11-19)14-24(15-26(22)21(16)27)18-8-6-4-5-7-9-18/h10-13,18H,4-9,14-15H2,1-3H3. The van der Waals surface area contributed by atoms with Crippen molar-refractivity contribution in [3.05, 3.63) is 45.9 Å². The van der Waals surface area contributed by atoms with Crippen molar-refractivity contribution in [1.29, 1.82) is 0 Å². The third-order valence-corrected chi connectivity index (χ3v) is 6.23. The van der Waals surface area contributed by atoms with Gasteiger partial charge in [-0.2, -0.15) is 0 Å². The van der Waals surface area contributed by atoms with Gasteiger partial charge in [-0.25, -0.2) is 4.98 Å². The Balaban J connectivity index is 1.76. The Labute approximate surface area is 166 Å². The number of aryl methyl sites for hydroxylation is 1. The lowest BCUT2D eigenvalue weighted by atomic mass is 10.1. The van der Waals surface area contributed by atoms with E-state index in [-0.39, 0.29) is 5.56 Å². The van der Waals surface area contributed by atoms with E-state index in [1.54, 1.807) is 7.11 Å². The van der Waals surface area contributed by atoms with Crippen LogP contribution in [0, 0.1) is 13.8 Å². The summed E-state index contributed by atoms with van der Waals surface area (Å²) in [7, 11) is 1.67. The first kappa shape index (κ1) is 19.0. The first-order chi connectivity index (χ1) is 13.6. The molecule has 0 atom stereocenters. The molecular formula is C22H30N4O2. The molecule has 6 nitrogen and oxygen atoms in total. The summed E-state index contributed by atoms with van der Waals surface area (Å²) < 4.78 is 7.16. The molecule has 0 bridgehead atoms. The Bertz CT molecular complexity index is 883. The van der Waals surface area contributed by atoms with Gasteiger partial charge in [0.05, 0.1) is 20.4 Å². The zero-order chi connectivity index (χ0) is 19.7. The van der Waals surface area contributed by atoms with Crippen molar-refractivity contribution < 1.29 is 4.74 Å². The van der Waals surface area contributed by atoms with Crippen molar-refractivity contribution in [3.63, 3.8) is 0 Å². The first-order valence-electron chi connectivity index (χ1n) is 10.3. The predicted molar refractivity (Wildman–Crippen MR) is 111 cm³/mol. The number of hydrogen-bond acceptors (Lipinski definition) is 5. The maximum atomic E-state index is 13.1. The van der Waals surface area contributed by atoms with E-state index >= 15 is 0 Å². The Kier molecular flexibility index (Phi) is 5.40. The fourth-order valence-corrected chi connectivity index (χ4v) is 4.36. The van der Waals surface area contributed by atoms with Crippen molar-refractivity contribution in [2.75, 3.05) is 18.7 Å². The summed E-state index contributed by atoms with van der Waals surface area (Å²) >= 11 is 0. The molecule has 0 unspecified atom stereocenters. The number of rotatable bonds is 3. The average Bonchev–Trinajstić information content (AvgIpc) is 3.01. The molecule has 0 saturated heterocycles. The predicted octanol–water partition coefficient (Wildman–Crippen LogP) is 3.96. The summed E-state index contributed by atoms with van der Waals surface area (Å²) in [6, 6.07) is 8.53. The number of aromatic nitrogens is 2. The molecule has 4 rings (SSSR count). The lowest BCUT2D eigenvalue weighted by Crippen LogP contribution is -2.51. The molecule has 28 heavy (non-hydrogen) atoms. The number of anilines is 2. The molecule has 1 aliphatic carbocycles. The lowest BCUT2D eigenvalue weighted by molar-refractivity contribution is 0.123. The zero-order valence-corrected chi connectivity index (χ0v) is 17.1. The van der Waals surface area contributed by atoms with Gasteiger partial charge in [0.1, 0.15) is 5.75 Å². The van der Waals surface area contributed by atoms with Crippen LogP contribution < -0.4 is 15.2 Å². The van der Waals surface area contributed by atoms with Crippen molar-refractivity contribution in [2.24, 2.45) is 0 Å². The van der Waals surface area contributed by atoms with Crippen molar-refractivity contribution >= 4 is 11.6 Å². The summed E-state index contributed by atoms with van der Waals surface area (Å²) in [5.41, 5.74) is 2.64. The number of benzene rings is 1. The molecule has 1 saturated carbocycles. The number of fused-ring (bicyclic) bond motifs is 1. The maximum Gasteiger partial charge on any atom is 0.259 e. The van der Waals surface area contributed by atoms with Crippen LogP contribution in [-0.4, -0.2) is 34.3 Å². The van der Waals surface area contributed by atoms with E-state index in [2.05, 4.69) is 9.80 Å². The van der Waals surface area contributed by atoms with E-state index < -0.39 is 0 Å². The third-order valence-electron chi connectivity index (χ3n) is 6.23. The number of nitrogens with zero attached hydrogens (tertiary/aromatic N) is 4. The molecule has 0 spiro atoms. The van der Waals surface area contributed by atoms with E-state index in [0.717, 1.165) is 35.3 Å². The number of hydrogen-bond donors (Lipinski definition) is 0. The van der Waals surface area contributed by atoms with Gasteiger partial charge < -0.3 is 4.74 Å². The minimum Gasteiger partial charge on any atom is -0.497 e. The second kappa shape index (κ2) is 7.95. The highest BCUT2D eigenvalue weighted by atomic mass is 16.5. The van der Waals surface area contributed by atoms with Gasteiger partial charge >= 0.3 is 0 Å². The molecule has 6 heteroatoms. The third kappa shape index (κ3) is 3.53. The minimum atomic E-state index is 0.0688. The largest absolute Gasteiger partial charge is 0.497 e. The van der Waals surface area contributed by atoms with Crippen LogP contribution in [-0.2, 0) is 6.67 Å². The SMILES string of the molecule is COc1ccc(N2CN(C3CCCCCC3)Cn3c2nc(C)c(C)c3=O)cc1. The summed E-state index contributed by atoms with van der Waals surface area (Å²) in [6.07, 6.45) is 7.61. The van der Waals surface area contributed by atoms with Gasteiger partial charge in [0, 0.05) is 23.0 Å². The van der Waals surface area contributed by atoms with Gasteiger partial charge in [-0.1, -0.05) is 25.7 Å². The average molecular weight is 383 g/mol. The topological polar surface area (TPSA) is 50.6 Å². The van der Waals surface area contributed by atoms with Crippen LogP contribution >= 0.6 is 0 Å². The molecule has 2 aromatic rings. The smallest absolute Gasteiger partial charge is 0.259 e. The fraction of sp³-hybridized carbons (Fsp3) is 0.545. The molecule has 1 aromatic carbocycles. The van der Waals surface area contributed by atoms with Crippen molar-refractivity contribution in [1.82, 2.24) is 14.5 Å². The van der Waals surface area contributed by atoms with E-state index in [1.165, 1.54) is 38.5 Å². The van der Waals surface area contributed by atoms with Gasteiger partial charge in [-0.05, 0) is 51.0 Å². The van der Waals surface area contributed by atoms with Crippen molar-refractivity contribution in [2.45, 2.75) is 65.1 Å². The summed E-state index contributed by atoms with van der Waals surface area (Å²) in [6.45, 7) is 5.17. The van der Waals surface area contributed by atoms with Crippen LogP contribution in [0.5, 0.6) is 5.75 Å². The summed E-state index contributed by atoms with van der Waals surface area (Å²) in [5, 5.41) is 0. The van der Waals surface area contributed by atoms with Crippen molar-refractivity contribution in [3.8, 4) is 5.75 Å². The Morgan fingerprint density at radius 3 is 2.32 bits per heavy atom. The quantitative estimate of drug-likeness (QED) is 0.752. The Hall–Kier alpha value is -2.34. The summed E-state index contributed by atoms with van der Waals surface area (Å²) in [4.78, 5) is 22.5. The second-order valence-corrected chi connectivity index (χ2v) is 8.00. The van der Waals surface area contributed by atoms with Gasteiger partial charge in [0.15, 0.2) is 0 Å². The highest BCUT2D eigenvalue weighted by molar-refractivity contribution is 5.59. The van der Waals surface area contributed by atoms with Gasteiger partial charge in [0.25, 0.3) is 5.56 Å². The molecule has 2 heterocycles. The molecule has 1 aromatic heterocycles. The fourth-order valence-electron chi connectivity index (χ4n) is 4.36. The normalized spacial score (nSPS) is 18.6. The van der Waals surface area contributed by atoms with Crippen LogP contribution in [0.15, 0.2) is 29.1 Å². The van der Waals surface area contributed by atoms with Gasteiger partial charge in [0.2, 0.25) is 5.95 Å². The molecular weight excluding hydrogens is 352 g/mol. The Morgan fingerprint density at radius 2 is 1.68 bits per heavy atom. The lowest BCUT2D eigenvalue weighted by Gasteiger charge is -2.42.